The molecule has 1 N–H and O–H groups in total. The Balaban J connectivity index is 2.04. The van der Waals surface area contributed by atoms with E-state index in [1.807, 2.05) is 0 Å². The van der Waals surface area contributed by atoms with Gasteiger partial charge in [-0.3, -0.25) is 14.9 Å². The highest BCUT2D eigenvalue weighted by Gasteiger charge is 2.28. The monoisotopic (exact) mass is 322 g/mol. The zero-order valence-corrected chi connectivity index (χ0v) is 12.7. The molecular formula is C15H18N2O6. The van der Waals surface area contributed by atoms with Crippen molar-refractivity contribution in [3.05, 3.63) is 39.9 Å². The van der Waals surface area contributed by atoms with Crippen LogP contribution in [0.2, 0.25) is 0 Å². The first-order valence-corrected chi connectivity index (χ1v) is 7.20. The molecule has 8 nitrogen and oxygen atoms in total. The second kappa shape index (κ2) is 7.68. The minimum absolute atomic E-state index is 0.0319. The van der Waals surface area contributed by atoms with Crippen molar-refractivity contribution in [2.75, 3.05) is 20.3 Å². The van der Waals surface area contributed by atoms with Crippen molar-refractivity contribution in [1.29, 1.82) is 0 Å². The Morgan fingerprint density at radius 1 is 1.43 bits per heavy atom. The molecule has 0 unspecified atom stereocenters. The molecule has 1 saturated heterocycles. The standard InChI is InChI=1S/C15H18N2O6/c1-22-15(19)13(16-14(18)11-6-7-23-9-11)8-10-2-4-12(5-3-10)17(20)21/h2-5,11,13H,6-9H2,1H3,(H,16,18)/t11-,13-/m1/s1. The van der Waals surface area contributed by atoms with E-state index in [0.717, 1.165) is 0 Å². The van der Waals surface area contributed by atoms with E-state index in [4.69, 9.17) is 9.47 Å². The van der Waals surface area contributed by atoms with Crippen LogP contribution >= 0.6 is 0 Å². The van der Waals surface area contributed by atoms with E-state index in [-0.39, 0.29) is 23.9 Å². The summed E-state index contributed by atoms with van der Waals surface area (Å²) in [7, 11) is 1.25. The molecule has 0 radical (unpaired) electrons. The van der Waals surface area contributed by atoms with Crippen LogP contribution in [-0.4, -0.2) is 43.2 Å². The molecule has 1 aliphatic heterocycles. The molecule has 1 aliphatic rings. The molecule has 1 heterocycles. The predicted molar refractivity (Wildman–Crippen MR) is 79.7 cm³/mol. The number of amides is 1. The largest absolute Gasteiger partial charge is 0.467 e. The number of non-ortho nitro benzene ring substituents is 1. The molecule has 124 valence electrons. The van der Waals surface area contributed by atoms with Gasteiger partial charge in [-0.2, -0.15) is 0 Å². The van der Waals surface area contributed by atoms with E-state index in [9.17, 15) is 19.7 Å². The van der Waals surface area contributed by atoms with E-state index in [0.29, 0.717) is 25.2 Å². The molecule has 0 saturated carbocycles. The number of hydrogen-bond acceptors (Lipinski definition) is 6. The van der Waals surface area contributed by atoms with Crippen molar-refractivity contribution in [3.63, 3.8) is 0 Å². The number of nitro groups is 1. The number of carbonyl (C=O) groups excluding carboxylic acids is 2. The molecule has 0 aromatic heterocycles. The van der Waals surface area contributed by atoms with Gasteiger partial charge in [0.25, 0.3) is 5.69 Å². The van der Waals surface area contributed by atoms with Crippen LogP contribution in [0.15, 0.2) is 24.3 Å². The number of rotatable bonds is 6. The summed E-state index contributed by atoms with van der Waals surface area (Å²) in [6.07, 6.45) is 0.821. The van der Waals surface area contributed by atoms with E-state index in [1.165, 1.54) is 19.2 Å². The molecule has 1 aromatic rings. The predicted octanol–water partition coefficient (Wildman–Crippen LogP) is 0.832. The molecule has 23 heavy (non-hydrogen) atoms. The van der Waals surface area contributed by atoms with Gasteiger partial charge in [0.1, 0.15) is 6.04 Å². The lowest BCUT2D eigenvalue weighted by Crippen LogP contribution is -2.45. The van der Waals surface area contributed by atoms with Gasteiger partial charge < -0.3 is 14.8 Å². The first-order chi connectivity index (χ1) is 11.0. The van der Waals surface area contributed by atoms with Crippen LogP contribution in [0.4, 0.5) is 5.69 Å². The smallest absolute Gasteiger partial charge is 0.328 e. The van der Waals surface area contributed by atoms with Crippen molar-refractivity contribution < 1.29 is 24.0 Å². The molecule has 8 heteroatoms. The Morgan fingerprint density at radius 3 is 2.65 bits per heavy atom. The van der Waals surface area contributed by atoms with Crippen molar-refractivity contribution in [1.82, 2.24) is 5.32 Å². The van der Waals surface area contributed by atoms with Crippen molar-refractivity contribution in [3.8, 4) is 0 Å². The minimum atomic E-state index is -0.838. The fourth-order valence-electron chi connectivity index (χ4n) is 2.36. The van der Waals surface area contributed by atoms with Gasteiger partial charge in [0.2, 0.25) is 5.91 Å². The highest BCUT2D eigenvalue weighted by Crippen LogP contribution is 2.15. The second-order valence-electron chi connectivity index (χ2n) is 5.27. The lowest BCUT2D eigenvalue weighted by Gasteiger charge is -2.18. The van der Waals surface area contributed by atoms with Crippen LogP contribution in [0.1, 0.15) is 12.0 Å². The summed E-state index contributed by atoms with van der Waals surface area (Å²) in [6.45, 7) is 0.876. The molecule has 2 atom stereocenters. The van der Waals surface area contributed by atoms with Gasteiger partial charge in [0.05, 0.1) is 24.6 Å². The number of nitrogens with zero attached hydrogens (tertiary/aromatic N) is 1. The molecule has 1 aromatic carbocycles. The average Bonchev–Trinajstić information content (AvgIpc) is 3.08. The van der Waals surface area contributed by atoms with Crippen molar-refractivity contribution in [2.24, 2.45) is 5.92 Å². The molecule has 0 aliphatic carbocycles. The normalized spacial score (nSPS) is 18.2. The maximum Gasteiger partial charge on any atom is 0.328 e. The summed E-state index contributed by atoms with van der Waals surface area (Å²) in [6, 6.07) is 4.99. The highest BCUT2D eigenvalue weighted by molar-refractivity contribution is 5.86. The lowest BCUT2D eigenvalue weighted by molar-refractivity contribution is -0.384. The zero-order valence-electron chi connectivity index (χ0n) is 12.7. The van der Waals surface area contributed by atoms with Crippen LogP contribution in [0.25, 0.3) is 0 Å². The Hall–Kier alpha value is -2.48. The summed E-state index contributed by atoms with van der Waals surface area (Å²) < 4.78 is 9.88. The fourth-order valence-corrected chi connectivity index (χ4v) is 2.36. The number of nitrogens with one attached hydrogen (secondary N) is 1. The van der Waals surface area contributed by atoms with Gasteiger partial charge in [-0.15, -0.1) is 0 Å². The average molecular weight is 322 g/mol. The van der Waals surface area contributed by atoms with Crippen molar-refractivity contribution in [2.45, 2.75) is 18.9 Å². The second-order valence-corrected chi connectivity index (χ2v) is 5.27. The lowest BCUT2D eigenvalue weighted by atomic mass is 10.0. The Bertz CT molecular complexity index is 580. The number of hydrogen-bond donors (Lipinski definition) is 1. The molecule has 0 spiro atoms. The molecular weight excluding hydrogens is 304 g/mol. The summed E-state index contributed by atoms with van der Waals surface area (Å²) >= 11 is 0. The maximum atomic E-state index is 12.1. The van der Waals surface area contributed by atoms with Gasteiger partial charge in [-0.05, 0) is 12.0 Å². The van der Waals surface area contributed by atoms with Gasteiger partial charge in [0.15, 0.2) is 0 Å². The molecule has 1 fully saturated rings. The van der Waals surface area contributed by atoms with Crippen LogP contribution in [0.5, 0.6) is 0 Å². The van der Waals surface area contributed by atoms with Crippen LogP contribution in [0.3, 0.4) is 0 Å². The molecule has 1 amide bonds. The van der Waals surface area contributed by atoms with Crippen LogP contribution in [0, 0.1) is 16.0 Å². The zero-order chi connectivity index (χ0) is 16.8. The molecule has 0 bridgehead atoms. The fraction of sp³-hybridized carbons (Fsp3) is 0.467. The third-order valence-electron chi connectivity index (χ3n) is 3.69. The first-order valence-electron chi connectivity index (χ1n) is 7.20. The number of nitro benzene ring substituents is 1. The van der Waals surface area contributed by atoms with Crippen LogP contribution in [-0.2, 0) is 25.5 Å². The summed E-state index contributed by atoms with van der Waals surface area (Å²) in [5.41, 5.74) is 0.657. The van der Waals surface area contributed by atoms with Gasteiger partial charge in [-0.25, -0.2) is 4.79 Å². The first kappa shape index (κ1) is 16.9. The van der Waals surface area contributed by atoms with Crippen LogP contribution < -0.4 is 5.32 Å². The minimum Gasteiger partial charge on any atom is -0.467 e. The summed E-state index contributed by atoms with van der Waals surface area (Å²) in [5, 5.41) is 13.3. The highest BCUT2D eigenvalue weighted by atomic mass is 16.6. The van der Waals surface area contributed by atoms with Gasteiger partial charge in [0, 0.05) is 25.2 Å². The Morgan fingerprint density at radius 2 is 2.13 bits per heavy atom. The summed E-state index contributed by atoms with van der Waals surface area (Å²) in [4.78, 5) is 34.1. The van der Waals surface area contributed by atoms with Crippen molar-refractivity contribution >= 4 is 17.6 Å². The Labute approximate surface area is 132 Å². The number of carbonyl (C=O) groups is 2. The van der Waals surface area contributed by atoms with E-state index < -0.39 is 16.9 Å². The number of ether oxygens (including phenoxy) is 2. The van der Waals surface area contributed by atoms with E-state index >= 15 is 0 Å². The Kier molecular flexibility index (Phi) is 5.64. The number of methoxy groups -OCH3 is 1. The van der Waals surface area contributed by atoms with Gasteiger partial charge in [-0.1, -0.05) is 12.1 Å². The maximum absolute atomic E-state index is 12.1. The third-order valence-corrected chi connectivity index (χ3v) is 3.69. The quantitative estimate of drug-likeness (QED) is 0.472. The van der Waals surface area contributed by atoms with E-state index in [1.54, 1.807) is 12.1 Å². The summed E-state index contributed by atoms with van der Waals surface area (Å²) in [5.74, 6) is -1.07. The third kappa shape index (κ3) is 4.49. The topological polar surface area (TPSA) is 108 Å². The molecule has 2 rings (SSSR count). The SMILES string of the molecule is COC(=O)[C@@H](Cc1ccc([N+](=O)[O-])cc1)NC(=O)[C@@H]1CCOC1. The van der Waals surface area contributed by atoms with E-state index in [2.05, 4.69) is 5.32 Å². The number of benzene rings is 1. The van der Waals surface area contributed by atoms with Gasteiger partial charge >= 0.3 is 5.97 Å². The number of esters is 1.